The van der Waals surface area contributed by atoms with Crippen LogP contribution in [0.1, 0.15) is 16.7 Å². The zero-order chi connectivity index (χ0) is 20.7. The first-order chi connectivity index (χ1) is 13.3. The van der Waals surface area contributed by atoms with Crippen molar-refractivity contribution in [3.63, 3.8) is 0 Å². The first kappa shape index (κ1) is 20.9. The summed E-state index contributed by atoms with van der Waals surface area (Å²) >= 11 is 1.30. The van der Waals surface area contributed by atoms with Gasteiger partial charge in [0, 0.05) is 17.0 Å². The van der Waals surface area contributed by atoms with Crippen molar-refractivity contribution in [2.45, 2.75) is 18.7 Å². The normalized spacial score (nSPS) is 10.0. The van der Waals surface area contributed by atoms with Crippen LogP contribution in [0.2, 0.25) is 0 Å². The Kier molecular flexibility index (Phi) is 7.12. The number of anilines is 1. The number of hydrogen-bond donors (Lipinski definition) is 1. The zero-order valence-corrected chi connectivity index (χ0v) is 16.0. The number of nitrogens with one attached hydrogen (secondary N) is 1. The molecular weight excluding hydrogens is 382 g/mol. The number of rotatable bonds is 7. The van der Waals surface area contributed by atoms with Crippen LogP contribution >= 0.6 is 11.8 Å². The zero-order valence-electron chi connectivity index (χ0n) is 15.2. The van der Waals surface area contributed by atoms with Gasteiger partial charge in [-0.3, -0.25) is 19.7 Å². The maximum atomic E-state index is 11.9. The van der Waals surface area contributed by atoms with Crippen molar-refractivity contribution in [2.24, 2.45) is 0 Å². The molecule has 1 N–H and O–H groups in total. The van der Waals surface area contributed by atoms with Crippen molar-refractivity contribution in [3.8, 4) is 6.07 Å². The Hall–Kier alpha value is -3.38. The fourth-order valence-electron chi connectivity index (χ4n) is 2.17. The molecule has 0 aliphatic rings. The number of aryl methyl sites for hydroxylation is 2. The number of nitro groups is 1. The van der Waals surface area contributed by atoms with E-state index in [2.05, 4.69) is 5.32 Å². The highest BCUT2D eigenvalue weighted by molar-refractivity contribution is 8.00. The summed E-state index contributed by atoms with van der Waals surface area (Å²) in [5.41, 5.74) is 2.07. The molecule has 9 heteroatoms. The Morgan fingerprint density at radius 2 is 1.96 bits per heavy atom. The van der Waals surface area contributed by atoms with Crippen molar-refractivity contribution in [1.29, 1.82) is 5.26 Å². The van der Waals surface area contributed by atoms with Gasteiger partial charge in [0.15, 0.2) is 6.61 Å². The average Bonchev–Trinajstić information content (AvgIpc) is 2.67. The highest BCUT2D eigenvalue weighted by Crippen LogP contribution is 2.22. The fourth-order valence-corrected chi connectivity index (χ4v) is 2.96. The Labute approximate surface area is 165 Å². The van der Waals surface area contributed by atoms with Crippen LogP contribution < -0.4 is 5.32 Å². The van der Waals surface area contributed by atoms with Crippen LogP contribution in [0.4, 0.5) is 11.4 Å². The number of hydrogen-bond acceptors (Lipinski definition) is 7. The fraction of sp³-hybridized carbons (Fsp3) is 0.211. The topological polar surface area (TPSA) is 122 Å². The van der Waals surface area contributed by atoms with E-state index in [1.165, 1.54) is 23.9 Å². The van der Waals surface area contributed by atoms with Crippen molar-refractivity contribution in [3.05, 3.63) is 63.2 Å². The standard InChI is InChI=1S/C19H17N3O5S/c1-12-3-5-16(7-13(12)2)28-11-19(24)27-10-18(23)21-17-6-4-15(22(25)26)8-14(17)9-20/h3-8H,10-11H2,1-2H3,(H,21,23). The van der Waals surface area contributed by atoms with E-state index >= 15 is 0 Å². The minimum Gasteiger partial charge on any atom is -0.455 e. The number of carbonyl (C=O) groups is 2. The molecule has 0 saturated heterocycles. The van der Waals surface area contributed by atoms with Crippen molar-refractivity contribution < 1.29 is 19.2 Å². The predicted molar refractivity (Wildman–Crippen MR) is 104 cm³/mol. The van der Waals surface area contributed by atoms with E-state index in [0.717, 1.165) is 22.1 Å². The van der Waals surface area contributed by atoms with Crippen LogP contribution in [0, 0.1) is 35.3 Å². The van der Waals surface area contributed by atoms with Crippen molar-refractivity contribution in [2.75, 3.05) is 17.7 Å². The molecule has 0 saturated carbocycles. The summed E-state index contributed by atoms with van der Waals surface area (Å²) in [7, 11) is 0. The number of thioether (sulfide) groups is 1. The third-order valence-electron chi connectivity index (χ3n) is 3.81. The van der Waals surface area contributed by atoms with E-state index in [4.69, 9.17) is 10.00 Å². The average molecular weight is 399 g/mol. The van der Waals surface area contributed by atoms with Gasteiger partial charge in [-0.1, -0.05) is 6.07 Å². The van der Waals surface area contributed by atoms with E-state index in [1.807, 2.05) is 32.0 Å². The molecule has 0 heterocycles. The number of non-ortho nitro benzene ring substituents is 1. The maximum Gasteiger partial charge on any atom is 0.316 e. The Morgan fingerprint density at radius 3 is 2.61 bits per heavy atom. The molecule has 0 aliphatic carbocycles. The lowest BCUT2D eigenvalue weighted by molar-refractivity contribution is -0.384. The van der Waals surface area contributed by atoms with Gasteiger partial charge < -0.3 is 10.1 Å². The summed E-state index contributed by atoms with van der Waals surface area (Å²) in [5, 5.41) is 22.2. The third kappa shape index (κ3) is 5.82. The molecule has 8 nitrogen and oxygen atoms in total. The Balaban J connectivity index is 1.85. The summed E-state index contributed by atoms with van der Waals surface area (Å²) in [6.07, 6.45) is 0. The lowest BCUT2D eigenvalue weighted by Crippen LogP contribution is -2.22. The number of ether oxygens (including phenoxy) is 1. The van der Waals surface area contributed by atoms with E-state index in [0.29, 0.717) is 0 Å². The number of carbonyl (C=O) groups excluding carboxylic acids is 2. The smallest absolute Gasteiger partial charge is 0.316 e. The molecule has 0 aliphatic heterocycles. The first-order valence-corrected chi connectivity index (χ1v) is 9.12. The highest BCUT2D eigenvalue weighted by atomic mass is 32.2. The quantitative estimate of drug-likeness (QED) is 0.328. The molecule has 2 rings (SSSR count). The number of benzene rings is 2. The van der Waals surface area contributed by atoms with Crippen LogP contribution in [0.15, 0.2) is 41.3 Å². The second-order valence-electron chi connectivity index (χ2n) is 5.84. The summed E-state index contributed by atoms with van der Waals surface area (Å²) in [5.74, 6) is -1.14. The molecule has 2 aromatic carbocycles. The molecule has 0 fully saturated rings. The largest absolute Gasteiger partial charge is 0.455 e. The number of nitro benzene ring substituents is 1. The van der Waals surface area contributed by atoms with Gasteiger partial charge in [0.25, 0.3) is 11.6 Å². The number of amides is 1. The van der Waals surface area contributed by atoms with Gasteiger partial charge in [0.1, 0.15) is 6.07 Å². The van der Waals surface area contributed by atoms with E-state index in [1.54, 1.807) is 6.07 Å². The van der Waals surface area contributed by atoms with Gasteiger partial charge in [-0.05, 0) is 43.2 Å². The van der Waals surface area contributed by atoms with Gasteiger partial charge in [0.05, 0.1) is 21.9 Å². The predicted octanol–water partition coefficient (Wildman–Crippen LogP) is 3.36. The maximum absolute atomic E-state index is 11.9. The molecule has 2 aromatic rings. The number of nitriles is 1. The summed E-state index contributed by atoms with van der Waals surface area (Å²) in [4.78, 5) is 34.8. The Morgan fingerprint density at radius 1 is 1.21 bits per heavy atom. The van der Waals surface area contributed by atoms with Gasteiger partial charge in [-0.25, -0.2) is 0 Å². The molecule has 0 spiro atoms. The lowest BCUT2D eigenvalue weighted by atomic mass is 10.1. The monoisotopic (exact) mass is 399 g/mol. The highest BCUT2D eigenvalue weighted by Gasteiger charge is 2.14. The SMILES string of the molecule is Cc1ccc(SCC(=O)OCC(=O)Nc2ccc([N+](=O)[O-])cc2C#N)cc1C. The van der Waals surface area contributed by atoms with Crippen LogP contribution in [0.3, 0.4) is 0 Å². The minimum atomic E-state index is -0.644. The Bertz CT molecular complexity index is 969. The van der Waals surface area contributed by atoms with E-state index < -0.39 is 23.4 Å². The molecule has 144 valence electrons. The molecule has 0 unspecified atom stereocenters. The molecule has 0 aromatic heterocycles. The molecule has 28 heavy (non-hydrogen) atoms. The van der Waals surface area contributed by atoms with Gasteiger partial charge in [0.2, 0.25) is 0 Å². The van der Waals surface area contributed by atoms with Crippen LogP contribution in [-0.2, 0) is 14.3 Å². The summed E-state index contributed by atoms with van der Waals surface area (Å²) < 4.78 is 4.92. The van der Waals surface area contributed by atoms with E-state index in [9.17, 15) is 19.7 Å². The summed E-state index contributed by atoms with van der Waals surface area (Å²) in [6.45, 7) is 3.46. The minimum absolute atomic E-state index is 0.0523. The number of nitrogens with zero attached hydrogens (tertiary/aromatic N) is 2. The van der Waals surface area contributed by atoms with Crippen LogP contribution in [-0.4, -0.2) is 29.2 Å². The first-order valence-electron chi connectivity index (χ1n) is 8.14. The van der Waals surface area contributed by atoms with Crippen LogP contribution in [0.25, 0.3) is 0 Å². The van der Waals surface area contributed by atoms with Crippen LogP contribution in [0.5, 0.6) is 0 Å². The van der Waals surface area contributed by atoms with Gasteiger partial charge in [-0.2, -0.15) is 5.26 Å². The lowest BCUT2D eigenvalue weighted by Gasteiger charge is -2.08. The molecular formula is C19H17N3O5S. The molecule has 1 amide bonds. The molecule has 0 atom stereocenters. The van der Waals surface area contributed by atoms with Gasteiger partial charge in [-0.15, -0.1) is 11.8 Å². The third-order valence-corrected chi connectivity index (χ3v) is 4.78. The number of esters is 1. The van der Waals surface area contributed by atoms with E-state index in [-0.39, 0.29) is 22.7 Å². The second-order valence-corrected chi connectivity index (χ2v) is 6.89. The molecule has 0 bridgehead atoms. The summed E-state index contributed by atoms with van der Waals surface area (Å²) in [6, 6.07) is 11.1. The second kappa shape index (κ2) is 9.53. The van der Waals surface area contributed by atoms with Crippen molar-refractivity contribution in [1.82, 2.24) is 0 Å². The van der Waals surface area contributed by atoms with Gasteiger partial charge >= 0.3 is 5.97 Å². The van der Waals surface area contributed by atoms with Crippen molar-refractivity contribution >= 4 is 35.0 Å². The molecule has 0 radical (unpaired) electrons.